The molecule has 4 aromatic heterocycles. The quantitative estimate of drug-likeness (QED) is 0.169. The number of nitrogens with one attached hydrogen (secondary N) is 1. The van der Waals surface area contributed by atoms with Gasteiger partial charge in [-0.05, 0) is 72.5 Å². The van der Waals surface area contributed by atoms with Crippen LogP contribution in [0.25, 0.3) is 32.0 Å². The number of alkyl halides is 1. The molecular weight excluding hydrogens is 678 g/mol. The lowest BCUT2D eigenvalue weighted by Gasteiger charge is -2.18. The van der Waals surface area contributed by atoms with Crippen LogP contribution >= 0.6 is 11.3 Å². The standard InChI is InChI=1S/C38H31F3N6O3S/c1-18-45-46-37(50-18)29-26(12-7-19-5-8-21(39)9-6-19)43-33-27-4-3-15-47(27)38(48)31(33)30(29)28-16-20-13-14-42-36(35(20)51-28)44-32-22-10-11-24(40)34(49-2)23(22)17-25(32)41/h5-6,8-11,13-14,16,25,27,32H,3-4,7,12,15,17H2,1-2H3,(H,42,44)/t25-,27?,32?/m1/s1. The summed E-state index contributed by atoms with van der Waals surface area (Å²) in [7, 11) is 1.38. The van der Waals surface area contributed by atoms with Crippen LogP contribution in [0.2, 0.25) is 0 Å². The molecule has 6 aromatic rings. The van der Waals surface area contributed by atoms with Gasteiger partial charge in [0.1, 0.15) is 17.8 Å². The van der Waals surface area contributed by atoms with Crippen molar-refractivity contribution in [3.63, 3.8) is 0 Å². The van der Waals surface area contributed by atoms with Gasteiger partial charge in [0.25, 0.3) is 5.91 Å². The summed E-state index contributed by atoms with van der Waals surface area (Å²) in [6.45, 7) is 2.36. The topological polar surface area (TPSA) is 106 Å². The van der Waals surface area contributed by atoms with Gasteiger partial charge >= 0.3 is 0 Å². The third-order valence-corrected chi connectivity index (χ3v) is 11.3. The minimum Gasteiger partial charge on any atom is -0.493 e. The molecule has 9 nitrogen and oxygen atoms in total. The zero-order chi connectivity index (χ0) is 35.0. The van der Waals surface area contributed by atoms with E-state index in [0.29, 0.717) is 64.6 Å². The number of nitrogens with zero attached hydrogens (tertiary/aromatic N) is 5. The van der Waals surface area contributed by atoms with Gasteiger partial charge in [0.2, 0.25) is 11.8 Å². The number of methoxy groups -OCH3 is 1. The second kappa shape index (κ2) is 12.2. The van der Waals surface area contributed by atoms with Crippen molar-refractivity contribution in [2.45, 2.75) is 57.3 Å². The first-order valence-corrected chi connectivity index (χ1v) is 17.7. The largest absolute Gasteiger partial charge is 0.493 e. The van der Waals surface area contributed by atoms with Crippen LogP contribution in [-0.4, -0.2) is 50.8 Å². The smallest absolute Gasteiger partial charge is 0.257 e. The summed E-state index contributed by atoms with van der Waals surface area (Å²) in [6, 6.07) is 12.3. The molecule has 2 aliphatic heterocycles. The van der Waals surface area contributed by atoms with Gasteiger partial charge in [-0.25, -0.2) is 18.2 Å². The van der Waals surface area contributed by atoms with E-state index in [2.05, 4.69) is 20.5 Å². The Balaban J connectivity index is 1.20. The van der Waals surface area contributed by atoms with Crippen LogP contribution in [0.3, 0.4) is 0 Å². The molecule has 6 heterocycles. The normalized spacial score (nSPS) is 19.1. The lowest BCUT2D eigenvalue weighted by atomic mass is 9.93. The molecule has 51 heavy (non-hydrogen) atoms. The maximum absolute atomic E-state index is 15.6. The number of fused-ring (bicyclic) bond motifs is 5. The van der Waals surface area contributed by atoms with E-state index < -0.39 is 18.0 Å². The lowest BCUT2D eigenvalue weighted by molar-refractivity contribution is 0.0776. The molecule has 13 heteroatoms. The fourth-order valence-corrected chi connectivity index (χ4v) is 9.04. The van der Waals surface area contributed by atoms with Crippen LogP contribution in [0.1, 0.15) is 69.3 Å². The molecule has 9 rings (SSSR count). The number of rotatable bonds is 8. The van der Waals surface area contributed by atoms with Gasteiger partial charge in [-0.3, -0.25) is 9.78 Å². The number of aryl methyl sites for hydroxylation is 3. The van der Waals surface area contributed by atoms with Crippen molar-refractivity contribution in [2.24, 2.45) is 0 Å². The number of aromatic nitrogens is 4. The molecule has 1 fully saturated rings. The lowest BCUT2D eigenvalue weighted by Crippen LogP contribution is -2.22. The number of hydrogen-bond donors (Lipinski definition) is 1. The minimum absolute atomic E-state index is 0.0101. The van der Waals surface area contributed by atoms with Crippen molar-refractivity contribution in [3.8, 4) is 27.6 Å². The van der Waals surface area contributed by atoms with Gasteiger partial charge in [-0.1, -0.05) is 18.2 Å². The first-order chi connectivity index (χ1) is 24.8. The van der Waals surface area contributed by atoms with E-state index in [-0.39, 0.29) is 35.8 Å². The van der Waals surface area contributed by atoms with Crippen molar-refractivity contribution in [1.82, 2.24) is 25.1 Å². The number of carbonyl (C=O) groups is 1. The second-order valence-electron chi connectivity index (χ2n) is 13.2. The van der Waals surface area contributed by atoms with E-state index in [0.717, 1.165) is 39.1 Å². The second-order valence-corrected chi connectivity index (χ2v) is 14.2. The number of amides is 1. The average molecular weight is 709 g/mol. The molecule has 1 N–H and O–H groups in total. The predicted octanol–water partition coefficient (Wildman–Crippen LogP) is 8.13. The molecule has 2 unspecified atom stereocenters. The van der Waals surface area contributed by atoms with Crippen molar-refractivity contribution in [1.29, 1.82) is 0 Å². The number of carbonyl (C=O) groups excluding carboxylic acids is 1. The molecule has 1 aliphatic carbocycles. The summed E-state index contributed by atoms with van der Waals surface area (Å²) in [5.74, 6) is 0.224. The van der Waals surface area contributed by atoms with Gasteiger partial charge in [0.05, 0.1) is 46.4 Å². The highest BCUT2D eigenvalue weighted by Crippen LogP contribution is 2.51. The van der Waals surface area contributed by atoms with Gasteiger partial charge in [-0.15, -0.1) is 21.5 Å². The van der Waals surface area contributed by atoms with E-state index in [1.807, 2.05) is 17.0 Å². The molecule has 0 spiro atoms. The summed E-state index contributed by atoms with van der Waals surface area (Å²) in [4.78, 5) is 26.7. The maximum atomic E-state index is 15.6. The third-order valence-electron chi connectivity index (χ3n) is 10.2. The monoisotopic (exact) mass is 708 g/mol. The highest BCUT2D eigenvalue weighted by Gasteiger charge is 2.45. The van der Waals surface area contributed by atoms with Crippen molar-refractivity contribution < 1.29 is 27.1 Å². The molecule has 0 saturated carbocycles. The fraction of sp³-hybridized carbons (Fsp3) is 0.289. The molecule has 2 aromatic carbocycles. The Hall–Kier alpha value is -5.30. The first kappa shape index (κ1) is 31.7. The summed E-state index contributed by atoms with van der Waals surface area (Å²) >= 11 is 1.43. The number of anilines is 1. The van der Waals surface area contributed by atoms with Crippen LogP contribution in [0.5, 0.6) is 5.75 Å². The Morgan fingerprint density at radius 3 is 2.69 bits per heavy atom. The first-order valence-electron chi connectivity index (χ1n) is 16.9. The summed E-state index contributed by atoms with van der Waals surface area (Å²) in [5.41, 5.74) is 5.27. The predicted molar refractivity (Wildman–Crippen MR) is 186 cm³/mol. The maximum Gasteiger partial charge on any atom is 0.257 e. The van der Waals surface area contributed by atoms with Crippen molar-refractivity contribution >= 4 is 33.1 Å². The van der Waals surface area contributed by atoms with Crippen LogP contribution < -0.4 is 10.1 Å². The number of thiophene rings is 1. The number of pyridine rings is 2. The summed E-state index contributed by atoms with van der Waals surface area (Å²) in [6.07, 6.45) is 3.09. The van der Waals surface area contributed by atoms with Gasteiger partial charge < -0.3 is 19.4 Å². The van der Waals surface area contributed by atoms with Gasteiger partial charge in [-0.2, -0.15) is 0 Å². The molecule has 1 amide bonds. The van der Waals surface area contributed by atoms with Crippen LogP contribution in [0.4, 0.5) is 19.0 Å². The SMILES string of the molecule is COc1c(F)ccc2c1C[C@@H](F)C2Nc1nccc2cc(-c3c4c(nc(CCc5ccc(F)cc5)c3-c3nnc(C)o3)C3CCCN3C4=O)sc12. The molecule has 3 aliphatic rings. The number of benzene rings is 2. The van der Waals surface area contributed by atoms with E-state index in [9.17, 15) is 13.6 Å². The number of hydrogen-bond acceptors (Lipinski definition) is 9. The zero-order valence-electron chi connectivity index (χ0n) is 27.7. The minimum atomic E-state index is -1.34. The van der Waals surface area contributed by atoms with E-state index in [4.69, 9.17) is 14.1 Å². The number of halogens is 3. The van der Waals surface area contributed by atoms with Gasteiger partial charge in [0, 0.05) is 42.1 Å². The van der Waals surface area contributed by atoms with Crippen LogP contribution in [0.15, 0.2) is 59.1 Å². The molecule has 0 bridgehead atoms. The molecular formula is C38H31F3N6O3S. The molecule has 0 radical (unpaired) electrons. The van der Waals surface area contributed by atoms with Crippen molar-refractivity contribution in [3.05, 3.63) is 106 Å². The van der Waals surface area contributed by atoms with Gasteiger partial charge in [0.15, 0.2) is 11.6 Å². The zero-order valence-corrected chi connectivity index (χ0v) is 28.5. The Labute approximate surface area is 294 Å². The van der Waals surface area contributed by atoms with E-state index in [1.54, 1.807) is 31.3 Å². The molecule has 3 atom stereocenters. The highest BCUT2D eigenvalue weighted by molar-refractivity contribution is 7.23. The fourth-order valence-electron chi connectivity index (χ4n) is 7.87. The Morgan fingerprint density at radius 1 is 1.06 bits per heavy atom. The van der Waals surface area contributed by atoms with Crippen LogP contribution in [-0.2, 0) is 19.3 Å². The van der Waals surface area contributed by atoms with Crippen molar-refractivity contribution in [2.75, 3.05) is 19.0 Å². The summed E-state index contributed by atoms with van der Waals surface area (Å²) < 4.78 is 56.0. The average Bonchev–Trinajstić information content (AvgIpc) is 3.96. The van der Waals surface area contributed by atoms with E-state index in [1.165, 1.54) is 36.6 Å². The molecule has 1 saturated heterocycles. The Kier molecular flexibility index (Phi) is 7.57. The number of ether oxygens (including phenoxy) is 1. The molecule has 258 valence electrons. The highest BCUT2D eigenvalue weighted by atomic mass is 32.1. The Bertz CT molecular complexity index is 2360. The third kappa shape index (κ3) is 5.16. The van der Waals surface area contributed by atoms with E-state index >= 15 is 4.39 Å². The Morgan fingerprint density at radius 2 is 1.90 bits per heavy atom. The summed E-state index contributed by atoms with van der Waals surface area (Å²) in [5, 5.41) is 12.7. The van der Waals surface area contributed by atoms with Crippen LogP contribution in [0, 0.1) is 18.6 Å².